The van der Waals surface area contributed by atoms with Gasteiger partial charge in [-0.15, -0.1) is 0 Å². The molecule has 0 bridgehead atoms. The van der Waals surface area contributed by atoms with Gasteiger partial charge in [-0.3, -0.25) is 9.59 Å². The van der Waals surface area contributed by atoms with Crippen molar-refractivity contribution in [2.45, 2.75) is 72.3 Å². The molecule has 5 fully saturated rings. The average molecular weight is 460 g/mol. The van der Waals surface area contributed by atoms with E-state index in [9.17, 15) is 9.59 Å². The number of hydrogen-bond acceptors (Lipinski definition) is 4. The fraction of sp³-hybridized carbons (Fsp3) is 0.889. The van der Waals surface area contributed by atoms with E-state index >= 15 is 0 Å². The highest BCUT2D eigenvalue weighted by Gasteiger charge is 2.61. The van der Waals surface area contributed by atoms with Crippen molar-refractivity contribution in [3.05, 3.63) is 0 Å². The van der Waals surface area contributed by atoms with E-state index < -0.39 is 0 Å². The van der Waals surface area contributed by atoms with E-state index in [1.54, 1.807) is 0 Å². The summed E-state index contributed by atoms with van der Waals surface area (Å²) in [5.41, 5.74) is 0. The van der Waals surface area contributed by atoms with Crippen LogP contribution in [-0.4, -0.2) is 45.4 Å². The van der Waals surface area contributed by atoms with Crippen molar-refractivity contribution in [1.29, 1.82) is 0 Å². The number of rotatable bonds is 0. The third kappa shape index (κ3) is 2.28. The topological polar surface area (TPSA) is 58.2 Å². The number of fused-ring (bicyclic) bond motifs is 6. The summed E-state index contributed by atoms with van der Waals surface area (Å²) in [4.78, 5) is 26.9. The molecule has 0 radical (unpaired) electrons. The summed E-state index contributed by atoms with van der Waals surface area (Å²) in [5, 5.41) is 7.36. The number of alkyl halides is 2. The lowest BCUT2D eigenvalue weighted by molar-refractivity contribution is -0.125. The van der Waals surface area contributed by atoms with E-state index in [1.807, 2.05) is 0 Å². The van der Waals surface area contributed by atoms with Crippen molar-refractivity contribution in [2.75, 3.05) is 0 Å². The third-order valence-electron chi connectivity index (χ3n) is 7.41. The molecular formula is C18H24Br2N2O2. The molecule has 132 valence electrons. The van der Waals surface area contributed by atoms with E-state index in [-0.39, 0.29) is 36.0 Å². The molecule has 1 aliphatic heterocycles. The fourth-order valence-corrected chi connectivity index (χ4v) is 7.67. The Hall–Kier alpha value is 0.220. The van der Waals surface area contributed by atoms with Gasteiger partial charge in [-0.2, -0.15) is 0 Å². The molecule has 2 N–H and O–H groups in total. The molecular weight excluding hydrogens is 436 g/mol. The van der Waals surface area contributed by atoms with Gasteiger partial charge in [0.05, 0.1) is 12.1 Å². The Balaban J connectivity index is 1.42. The van der Waals surface area contributed by atoms with E-state index in [2.05, 4.69) is 42.5 Å². The predicted molar refractivity (Wildman–Crippen MR) is 98.5 cm³/mol. The molecule has 6 heteroatoms. The number of halogens is 2. The molecule has 4 saturated carbocycles. The Morgan fingerprint density at radius 3 is 1.54 bits per heavy atom. The zero-order valence-electron chi connectivity index (χ0n) is 13.6. The van der Waals surface area contributed by atoms with Crippen LogP contribution >= 0.6 is 31.9 Å². The lowest BCUT2D eigenvalue weighted by Gasteiger charge is -2.41. The summed E-state index contributed by atoms with van der Waals surface area (Å²) in [6.45, 7) is 0. The van der Waals surface area contributed by atoms with Crippen LogP contribution in [0.5, 0.6) is 0 Å². The first-order chi connectivity index (χ1) is 11.5. The Kier molecular flexibility index (Phi) is 4.01. The van der Waals surface area contributed by atoms with Gasteiger partial charge in [-0.25, -0.2) is 0 Å². The van der Waals surface area contributed by atoms with Gasteiger partial charge < -0.3 is 10.6 Å². The molecule has 0 aromatic heterocycles. The minimum absolute atomic E-state index is 0.0766. The Labute approximate surface area is 159 Å². The van der Waals surface area contributed by atoms with Crippen molar-refractivity contribution < 1.29 is 9.59 Å². The molecule has 1 heterocycles. The zero-order valence-corrected chi connectivity index (χ0v) is 16.8. The second-order valence-corrected chi connectivity index (χ2v) is 11.1. The monoisotopic (exact) mass is 458 g/mol. The van der Waals surface area contributed by atoms with Crippen LogP contribution in [0.2, 0.25) is 0 Å². The molecule has 4 aliphatic carbocycles. The largest absolute Gasteiger partial charge is 0.301 e. The summed E-state index contributed by atoms with van der Waals surface area (Å²) < 4.78 is 0. The Morgan fingerprint density at radius 2 is 1.12 bits per heavy atom. The Bertz CT molecular complexity index is 535. The van der Waals surface area contributed by atoms with Crippen LogP contribution in [0.1, 0.15) is 38.5 Å². The third-order valence-corrected chi connectivity index (χ3v) is 9.07. The number of carbonyl (C=O) groups excluding carboxylic acids is 2. The summed E-state index contributed by atoms with van der Waals surface area (Å²) in [5.74, 6) is 1.94. The SMILES string of the molecule is O=C1C2CC(Br)CCC2C2NC3C(=O)C4CC(Br)CCC4C3NC12. The van der Waals surface area contributed by atoms with E-state index in [1.165, 1.54) is 0 Å². The smallest absolute Gasteiger partial charge is 0.154 e. The standard InChI is InChI=1S/C18H24Br2N2O2/c19-7-1-3-9-11(5-7)17(23)15-13(9)21-16-14(22-15)10-4-2-8(20)6-12(10)18(16)24/h7-16,21-22H,1-6H2. The van der Waals surface area contributed by atoms with Gasteiger partial charge in [-0.05, 0) is 50.4 Å². The van der Waals surface area contributed by atoms with Crippen LogP contribution < -0.4 is 10.6 Å². The summed E-state index contributed by atoms with van der Waals surface area (Å²) in [6, 6.07) is 0.167. The van der Waals surface area contributed by atoms with Crippen molar-refractivity contribution in [2.24, 2.45) is 23.7 Å². The summed E-state index contributed by atoms with van der Waals surface area (Å²) >= 11 is 7.42. The van der Waals surface area contributed by atoms with Gasteiger partial charge in [0.15, 0.2) is 11.6 Å². The molecule has 5 rings (SSSR count). The minimum Gasteiger partial charge on any atom is -0.301 e. The highest BCUT2D eigenvalue weighted by Crippen LogP contribution is 2.48. The van der Waals surface area contributed by atoms with Crippen LogP contribution in [0.3, 0.4) is 0 Å². The maximum atomic E-state index is 13.0. The van der Waals surface area contributed by atoms with Crippen molar-refractivity contribution in [1.82, 2.24) is 10.6 Å². The van der Waals surface area contributed by atoms with Crippen LogP contribution in [-0.2, 0) is 9.59 Å². The first kappa shape index (κ1) is 16.4. The lowest BCUT2D eigenvalue weighted by Crippen LogP contribution is -2.67. The maximum absolute atomic E-state index is 13.0. The van der Waals surface area contributed by atoms with Crippen molar-refractivity contribution >= 4 is 43.4 Å². The normalized spacial score (nSPS) is 56.4. The minimum atomic E-state index is -0.0766. The van der Waals surface area contributed by atoms with Crippen LogP contribution in [0, 0.1) is 23.7 Å². The van der Waals surface area contributed by atoms with E-state index in [0.29, 0.717) is 33.1 Å². The molecule has 4 nitrogen and oxygen atoms in total. The zero-order chi connectivity index (χ0) is 16.6. The number of nitrogens with one attached hydrogen (secondary N) is 2. The van der Waals surface area contributed by atoms with E-state index in [0.717, 1.165) is 38.5 Å². The molecule has 5 aliphatic rings. The molecule has 0 amide bonds. The number of hydrogen-bond donors (Lipinski definition) is 2. The molecule has 10 unspecified atom stereocenters. The van der Waals surface area contributed by atoms with Gasteiger partial charge in [0.25, 0.3) is 0 Å². The van der Waals surface area contributed by atoms with Crippen LogP contribution in [0.4, 0.5) is 0 Å². The second kappa shape index (κ2) is 5.86. The molecule has 0 aromatic rings. The molecule has 0 spiro atoms. The van der Waals surface area contributed by atoms with Crippen LogP contribution in [0.25, 0.3) is 0 Å². The van der Waals surface area contributed by atoms with Gasteiger partial charge in [0, 0.05) is 33.6 Å². The lowest BCUT2D eigenvalue weighted by atomic mass is 9.79. The average Bonchev–Trinajstić information content (AvgIpc) is 2.99. The van der Waals surface area contributed by atoms with Crippen LogP contribution in [0.15, 0.2) is 0 Å². The van der Waals surface area contributed by atoms with Gasteiger partial charge in [-0.1, -0.05) is 31.9 Å². The highest BCUT2D eigenvalue weighted by atomic mass is 79.9. The molecule has 24 heavy (non-hydrogen) atoms. The number of piperazine rings is 1. The predicted octanol–water partition coefficient (Wildman–Crippen LogP) is 2.18. The highest BCUT2D eigenvalue weighted by molar-refractivity contribution is 9.09. The van der Waals surface area contributed by atoms with Crippen molar-refractivity contribution in [3.63, 3.8) is 0 Å². The Morgan fingerprint density at radius 1 is 0.708 bits per heavy atom. The quantitative estimate of drug-likeness (QED) is 0.545. The fourth-order valence-electron chi connectivity index (χ4n) is 6.33. The summed E-state index contributed by atoms with van der Waals surface area (Å²) in [6.07, 6.45) is 6.37. The maximum Gasteiger partial charge on any atom is 0.154 e. The van der Waals surface area contributed by atoms with Gasteiger partial charge in [0.1, 0.15) is 0 Å². The van der Waals surface area contributed by atoms with Crippen molar-refractivity contribution in [3.8, 4) is 0 Å². The first-order valence-electron chi connectivity index (χ1n) is 9.42. The molecule has 0 aromatic carbocycles. The number of ketones is 2. The second-order valence-electron chi connectivity index (χ2n) is 8.51. The molecule has 1 saturated heterocycles. The number of carbonyl (C=O) groups is 2. The molecule has 10 atom stereocenters. The van der Waals surface area contributed by atoms with Gasteiger partial charge in [0.2, 0.25) is 0 Å². The number of Topliss-reactive ketones (excluding diaryl/α,β-unsaturated/α-hetero) is 2. The van der Waals surface area contributed by atoms with Gasteiger partial charge >= 0.3 is 0 Å². The first-order valence-corrected chi connectivity index (χ1v) is 11.3. The summed E-state index contributed by atoms with van der Waals surface area (Å²) in [7, 11) is 0. The van der Waals surface area contributed by atoms with E-state index in [4.69, 9.17) is 0 Å².